The van der Waals surface area contributed by atoms with Gasteiger partial charge in [0.15, 0.2) is 0 Å². The van der Waals surface area contributed by atoms with Crippen LogP contribution in [-0.2, 0) is 0 Å². The van der Waals surface area contributed by atoms with Crippen LogP contribution in [0.2, 0.25) is 0 Å². The zero-order valence-corrected chi connectivity index (χ0v) is 15.7. The Labute approximate surface area is 142 Å². The number of benzene rings is 2. The van der Waals surface area contributed by atoms with Gasteiger partial charge in [0.2, 0.25) is 0 Å². The summed E-state index contributed by atoms with van der Waals surface area (Å²) in [5, 5.41) is 12.6. The molecule has 0 fully saturated rings. The molecule has 0 bridgehead atoms. The summed E-state index contributed by atoms with van der Waals surface area (Å²) in [7, 11) is 0.649. The summed E-state index contributed by atoms with van der Waals surface area (Å²) in [6.45, 7) is 10.4. The minimum Gasteiger partial charge on any atom is -0.507 e. The van der Waals surface area contributed by atoms with E-state index in [9.17, 15) is 5.11 Å². The van der Waals surface area contributed by atoms with Gasteiger partial charge in [-0.15, -0.1) is 0 Å². The van der Waals surface area contributed by atoms with Gasteiger partial charge in [-0.25, -0.2) is 0 Å². The van der Waals surface area contributed by atoms with E-state index in [1.807, 2.05) is 31.2 Å². The summed E-state index contributed by atoms with van der Waals surface area (Å²) in [6.07, 6.45) is 4.22. The molecule has 0 saturated heterocycles. The van der Waals surface area contributed by atoms with Gasteiger partial charge in [-0.3, -0.25) is 0 Å². The first kappa shape index (κ1) is 19.2. The molecule has 0 radical (unpaired) electrons. The van der Waals surface area contributed by atoms with Crippen LogP contribution < -0.4 is 5.30 Å². The van der Waals surface area contributed by atoms with Crippen LogP contribution >= 0.6 is 8.58 Å². The van der Waals surface area contributed by atoms with Crippen molar-refractivity contribution in [3.63, 3.8) is 0 Å². The Hall–Kier alpha value is -1.85. The van der Waals surface area contributed by atoms with Gasteiger partial charge >= 0.3 is 0 Å². The fourth-order valence-corrected chi connectivity index (χ4v) is 2.91. The van der Waals surface area contributed by atoms with E-state index in [1.54, 1.807) is 6.07 Å². The number of para-hydroxylation sites is 1. The highest BCUT2D eigenvalue weighted by atomic mass is 31.1. The quantitative estimate of drug-likeness (QED) is 0.521. The standard InChI is InChI=1S/C16H17OP.C5H10/c1-3-12(2)18-16-11-7-5-9-14(16)13-8-4-6-10-15(13)17;1-4-5(2)3/h3-11,17-18H,1-2H3;4H,1-3H3/b12-3+;. The molecule has 0 aliphatic rings. The van der Waals surface area contributed by atoms with Crippen LogP contribution in [0.15, 0.2) is 71.6 Å². The van der Waals surface area contributed by atoms with E-state index >= 15 is 0 Å². The molecule has 0 aromatic heterocycles. The second-order valence-electron chi connectivity index (χ2n) is 5.53. The first-order valence-corrected chi connectivity index (χ1v) is 8.86. The van der Waals surface area contributed by atoms with Crippen molar-refractivity contribution in [1.82, 2.24) is 0 Å². The van der Waals surface area contributed by atoms with Crippen molar-refractivity contribution in [2.75, 3.05) is 0 Å². The molecule has 23 heavy (non-hydrogen) atoms. The second-order valence-corrected chi connectivity index (χ2v) is 7.10. The Balaban J connectivity index is 0.000000463. The molecule has 122 valence electrons. The lowest BCUT2D eigenvalue weighted by molar-refractivity contribution is 0.477. The lowest BCUT2D eigenvalue weighted by atomic mass is 10.0. The Morgan fingerprint density at radius 2 is 1.35 bits per heavy atom. The summed E-state index contributed by atoms with van der Waals surface area (Å²) in [6, 6.07) is 15.8. The fraction of sp³-hybridized carbons (Fsp3) is 0.238. The molecular formula is C21H27OP. The van der Waals surface area contributed by atoms with Gasteiger partial charge in [0.25, 0.3) is 0 Å². The summed E-state index contributed by atoms with van der Waals surface area (Å²) in [5.74, 6) is 0.341. The Bertz CT molecular complexity index is 680. The maximum absolute atomic E-state index is 9.97. The van der Waals surface area contributed by atoms with Crippen molar-refractivity contribution in [2.24, 2.45) is 0 Å². The number of hydrogen-bond donors (Lipinski definition) is 1. The van der Waals surface area contributed by atoms with Crippen LogP contribution in [0.5, 0.6) is 5.75 Å². The third-order valence-electron chi connectivity index (χ3n) is 3.46. The average molecular weight is 326 g/mol. The molecule has 0 spiro atoms. The first-order valence-electron chi connectivity index (χ1n) is 7.86. The fourth-order valence-electron chi connectivity index (χ4n) is 1.81. The van der Waals surface area contributed by atoms with Gasteiger partial charge in [-0.05, 0) is 51.6 Å². The zero-order chi connectivity index (χ0) is 17.2. The molecular weight excluding hydrogens is 299 g/mol. The van der Waals surface area contributed by atoms with Crippen LogP contribution in [0.25, 0.3) is 11.1 Å². The van der Waals surface area contributed by atoms with E-state index in [-0.39, 0.29) is 0 Å². The van der Waals surface area contributed by atoms with Crippen LogP contribution in [0.3, 0.4) is 0 Å². The number of phenolic OH excluding ortho intramolecular Hbond substituents is 1. The molecule has 1 nitrogen and oxygen atoms in total. The molecule has 0 aliphatic carbocycles. The predicted molar refractivity (Wildman–Crippen MR) is 106 cm³/mol. The summed E-state index contributed by atoms with van der Waals surface area (Å²) >= 11 is 0. The molecule has 1 unspecified atom stereocenters. The van der Waals surface area contributed by atoms with Gasteiger partial charge in [-0.2, -0.15) is 0 Å². The van der Waals surface area contributed by atoms with E-state index in [4.69, 9.17) is 0 Å². The molecule has 0 heterocycles. The molecule has 1 N–H and O–H groups in total. The highest BCUT2D eigenvalue weighted by Gasteiger charge is 2.08. The van der Waals surface area contributed by atoms with Crippen molar-refractivity contribution < 1.29 is 5.11 Å². The SMILES string of the molecule is C/C=C(\C)Pc1ccccc1-c1ccccc1O.CC=C(C)C. The molecule has 2 rings (SSSR count). The van der Waals surface area contributed by atoms with Crippen LogP contribution in [0, 0.1) is 0 Å². The van der Waals surface area contributed by atoms with E-state index < -0.39 is 0 Å². The number of allylic oxidation sites excluding steroid dienone is 4. The normalized spacial score (nSPS) is 11.1. The summed E-state index contributed by atoms with van der Waals surface area (Å²) in [4.78, 5) is 0. The lowest BCUT2D eigenvalue weighted by Gasteiger charge is -2.11. The molecule has 2 aromatic carbocycles. The van der Waals surface area contributed by atoms with Crippen molar-refractivity contribution in [3.05, 3.63) is 71.6 Å². The van der Waals surface area contributed by atoms with Gasteiger partial charge in [0.1, 0.15) is 5.75 Å². The maximum Gasteiger partial charge on any atom is 0.123 e. The smallest absolute Gasteiger partial charge is 0.123 e. The molecule has 0 aliphatic heterocycles. The first-order chi connectivity index (χ1) is 11.0. The van der Waals surface area contributed by atoms with Gasteiger partial charge in [0, 0.05) is 5.56 Å². The summed E-state index contributed by atoms with van der Waals surface area (Å²) < 4.78 is 0. The number of hydrogen-bond acceptors (Lipinski definition) is 1. The van der Waals surface area contributed by atoms with Crippen molar-refractivity contribution in [1.29, 1.82) is 0 Å². The predicted octanol–water partition coefficient (Wildman–Crippen LogP) is 6.26. The molecule has 0 saturated carbocycles. The van der Waals surface area contributed by atoms with E-state index in [0.717, 1.165) is 11.1 Å². The lowest BCUT2D eigenvalue weighted by Crippen LogP contribution is -1.99. The number of phenols is 1. The van der Waals surface area contributed by atoms with Gasteiger partial charge in [-0.1, -0.05) is 74.1 Å². The number of rotatable bonds is 3. The molecule has 1 atom stereocenters. The molecule has 2 heteroatoms. The Morgan fingerprint density at radius 3 is 1.87 bits per heavy atom. The Morgan fingerprint density at radius 1 is 0.826 bits per heavy atom. The molecule has 0 amide bonds. The number of aromatic hydroxyl groups is 1. The highest BCUT2D eigenvalue weighted by molar-refractivity contribution is 7.52. The Kier molecular flexibility index (Phi) is 8.37. The largest absolute Gasteiger partial charge is 0.507 e. The van der Waals surface area contributed by atoms with Crippen LogP contribution in [0.1, 0.15) is 34.6 Å². The third-order valence-corrected chi connectivity index (χ3v) is 4.85. The van der Waals surface area contributed by atoms with Gasteiger partial charge in [0.05, 0.1) is 0 Å². The van der Waals surface area contributed by atoms with Crippen molar-refractivity contribution in [2.45, 2.75) is 34.6 Å². The summed E-state index contributed by atoms with van der Waals surface area (Å²) in [5.41, 5.74) is 3.41. The highest BCUT2D eigenvalue weighted by Crippen LogP contribution is 2.32. The van der Waals surface area contributed by atoms with E-state index in [1.165, 1.54) is 16.2 Å². The minimum absolute atomic E-state index is 0.341. The van der Waals surface area contributed by atoms with E-state index in [2.05, 4.69) is 58.0 Å². The average Bonchev–Trinajstić information content (AvgIpc) is 2.56. The van der Waals surface area contributed by atoms with Crippen molar-refractivity contribution >= 4 is 13.9 Å². The third kappa shape index (κ3) is 6.42. The topological polar surface area (TPSA) is 20.2 Å². The monoisotopic (exact) mass is 326 g/mol. The van der Waals surface area contributed by atoms with E-state index in [0.29, 0.717) is 14.3 Å². The second kappa shape index (κ2) is 10.0. The van der Waals surface area contributed by atoms with Crippen LogP contribution in [-0.4, -0.2) is 5.11 Å². The van der Waals surface area contributed by atoms with Gasteiger partial charge < -0.3 is 5.11 Å². The zero-order valence-electron chi connectivity index (χ0n) is 14.7. The van der Waals surface area contributed by atoms with Crippen LogP contribution in [0.4, 0.5) is 0 Å². The van der Waals surface area contributed by atoms with Crippen molar-refractivity contribution in [3.8, 4) is 16.9 Å². The maximum atomic E-state index is 9.97. The minimum atomic E-state index is 0.341. The molecule has 2 aromatic rings.